The second kappa shape index (κ2) is 3.50. The van der Waals surface area contributed by atoms with Gasteiger partial charge in [0.2, 0.25) is 0 Å². The van der Waals surface area contributed by atoms with Gasteiger partial charge in [0.15, 0.2) is 0 Å². The third-order valence-electron chi connectivity index (χ3n) is 2.03. The first kappa shape index (κ1) is 8.75. The van der Waals surface area contributed by atoms with Gasteiger partial charge in [-0.05, 0) is 23.8 Å². The fourth-order valence-corrected chi connectivity index (χ4v) is 1.37. The number of benzene rings is 2. The first-order chi connectivity index (χ1) is 6.77. The van der Waals surface area contributed by atoms with Crippen LogP contribution in [0.15, 0.2) is 48.5 Å². The summed E-state index contributed by atoms with van der Waals surface area (Å²) in [6.07, 6.45) is 0. The van der Waals surface area contributed by atoms with E-state index < -0.39 is 0 Å². The molecule has 1 N–H and O–H groups in total. The molecule has 0 bridgehead atoms. The van der Waals surface area contributed by atoms with Crippen LogP contribution >= 0.6 is 0 Å². The molecule has 0 aromatic heterocycles. The lowest BCUT2D eigenvalue weighted by Gasteiger charge is -2.02. The predicted octanol–water partition coefficient (Wildman–Crippen LogP) is 3.20. The van der Waals surface area contributed by atoms with Gasteiger partial charge in [-0.15, -0.1) is 0 Å². The molecule has 2 aromatic rings. The summed E-state index contributed by atoms with van der Waals surface area (Å²) in [6.45, 7) is 0. The molecule has 0 aliphatic carbocycles. The van der Waals surface area contributed by atoms with Crippen molar-refractivity contribution < 1.29 is 9.50 Å². The molecule has 0 atom stereocenters. The zero-order chi connectivity index (χ0) is 9.97. The zero-order valence-electron chi connectivity index (χ0n) is 7.44. The van der Waals surface area contributed by atoms with Gasteiger partial charge < -0.3 is 5.11 Å². The molecule has 2 heteroatoms. The van der Waals surface area contributed by atoms with Crippen molar-refractivity contribution in [2.75, 3.05) is 0 Å². The van der Waals surface area contributed by atoms with Crippen molar-refractivity contribution in [3.05, 3.63) is 54.3 Å². The normalized spacial score (nSPS) is 10.1. The van der Waals surface area contributed by atoms with Crippen LogP contribution in [0.2, 0.25) is 0 Å². The van der Waals surface area contributed by atoms with Crippen molar-refractivity contribution in [2.45, 2.75) is 0 Å². The Balaban J connectivity index is 2.55. The van der Waals surface area contributed by atoms with Gasteiger partial charge in [-0.3, -0.25) is 0 Å². The predicted molar refractivity (Wildman–Crippen MR) is 53.5 cm³/mol. The van der Waals surface area contributed by atoms with Gasteiger partial charge in [-0.25, -0.2) is 4.39 Å². The largest absolute Gasteiger partial charge is 0.508 e. The highest BCUT2D eigenvalue weighted by molar-refractivity contribution is 5.65. The van der Waals surface area contributed by atoms with Crippen molar-refractivity contribution >= 4 is 0 Å². The van der Waals surface area contributed by atoms with Gasteiger partial charge in [0.25, 0.3) is 0 Å². The Bertz CT molecular complexity index is 452. The lowest BCUT2D eigenvalue weighted by Crippen LogP contribution is -1.82. The summed E-state index contributed by atoms with van der Waals surface area (Å²) in [5, 5.41) is 9.24. The molecule has 0 saturated heterocycles. The molecule has 2 aromatic carbocycles. The van der Waals surface area contributed by atoms with Gasteiger partial charge in [0, 0.05) is 5.56 Å². The molecule has 2 rings (SSSR count). The van der Waals surface area contributed by atoms with E-state index in [1.807, 2.05) is 0 Å². The molecule has 70 valence electrons. The molecule has 14 heavy (non-hydrogen) atoms. The molecule has 0 aliphatic heterocycles. The summed E-state index contributed by atoms with van der Waals surface area (Å²) in [5.41, 5.74) is 1.19. The Hall–Kier alpha value is -1.83. The molecule has 0 saturated carbocycles. The number of rotatable bonds is 1. The molecule has 0 radical (unpaired) electrons. The van der Waals surface area contributed by atoms with Gasteiger partial charge >= 0.3 is 0 Å². The van der Waals surface area contributed by atoms with E-state index in [9.17, 15) is 9.50 Å². The van der Waals surface area contributed by atoms with Crippen molar-refractivity contribution in [3.63, 3.8) is 0 Å². The Morgan fingerprint density at radius 2 is 1.71 bits per heavy atom. The second-order valence-corrected chi connectivity index (χ2v) is 3.03. The minimum atomic E-state index is -0.280. The van der Waals surface area contributed by atoms with E-state index in [1.54, 1.807) is 42.5 Å². The number of hydrogen-bond donors (Lipinski definition) is 1. The summed E-state index contributed by atoms with van der Waals surface area (Å²) in [6, 6.07) is 13.0. The summed E-state index contributed by atoms with van der Waals surface area (Å²) in [7, 11) is 0. The summed E-state index contributed by atoms with van der Waals surface area (Å²) < 4.78 is 13.3. The number of halogens is 1. The number of aromatic hydroxyl groups is 1. The molecule has 0 heterocycles. The van der Waals surface area contributed by atoms with Gasteiger partial charge in [0.1, 0.15) is 11.6 Å². The van der Waals surface area contributed by atoms with E-state index in [1.165, 1.54) is 6.07 Å². The lowest BCUT2D eigenvalue weighted by atomic mass is 10.1. The van der Waals surface area contributed by atoms with Crippen molar-refractivity contribution in [3.8, 4) is 16.9 Å². The van der Waals surface area contributed by atoms with E-state index in [-0.39, 0.29) is 11.6 Å². The Kier molecular flexibility index (Phi) is 2.19. The van der Waals surface area contributed by atoms with Crippen LogP contribution in [0.1, 0.15) is 0 Å². The topological polar surface area (TPSA) is 20.2 Å². The quantitative estimate of drug-likeness (QED) is 0.728. The molecular formula is C12H9FO. The minimum absolute atomic E-state index is 0.144. The van der Waals surface area contributed by atoms with Crippen LogP contribution in [0.5, 0.6) is 5.75 Å². The zero-order valence-corrected chi connectivity index (χ0v) is 7.44. The van der Waals surface area contributed by atoms with E-state index in [4.69, 9.17) is 0 Å². The highest BCUT2D eigenvalue weighted by Crippen LogP contribution is 2.25. The van der Waals surface area contributed by atoms with Crippen molar-refractivity contribution in [2.24, 2.45) is 0 Å². The molecular weight excluding hydrogens is 179 g/mol. The number of hydrogen-bond acceptors (Lipinski definition) is 1. The highest BCUT2D eigenvalue weighted by atomic mass is 19.1. The van der Waals surface area contributed by atoms with Crippen LogP contribution in [-0.4, -0.2) is 5.11 Å². The average Bonchev–Trinajstić information content (AvgIpc) is 2.18. The molecule has 0 aliphatic rings. The average molecular weight is 188 g/mol. The monoisotopic (exact) mass is 188 g/mol. The summed E-state index contributed by atoms with van der Waals surface area (Å²) in [4.78, 5) is 0. The third kappa shape index (κ3) is 1.59. The van der Waals surface area contributed by atoms with Crippen LogP contribution in [-0.2, 0) is 0 Å². The van der Waals surface area contributed by atoms with Gasteiger partial charge in [-0.1, -0.05) is 30.3 Å². The van der Waals surface area contributed by atoms with Crippen LogP contribution in [0.4, 0.5) is 4.39 Å². The second-order valence-electron chi connectivity index (χ2n) is 3.03. The standard InChI is InChI=1S/C12H9FO/c13-12-7-2-1-6-11(12)9-4-3-5-10(14)8-9/h1-8,14H. The third-order valence-corrected chi connectivity index (χ3v) is 2.03. The fraction of sp³-hybridized carbons (Fsp3) is 0. The SMILES string of the molecule is Oc1cccc(-c2ccccc2F)c1. The summed E-state index contributed by atoms with van der Waals surface area (Å²) in [5.74, 6) is -0.135. The van der Waals surface area contributed by atoms with E-state index in [2.05, 4.69) is 0 Å². The number of phenolic OH excluding ortho intramolecular Hbond substituents is 1. The maximum Gasteiger partial charge on any atom is 0.131 e. The van der Waals surface area contributed by atoms with Crippen molar-refractivity contribution in [1.29, 1.82) is 0 Å². The molecule has 0 unspecified atom stereocenters. The smallest absolute Gasteiger partial charge is 0.131 e. The fourth-order valence-electron chi connectivity index (χ4n) is 1.37. The maximum absolute atomic E-state index is 13.3. The Labute approximate surface area is 81.4 Å². The molecule has 0 amide bonds. The van der Waals surface area contributed by atoms with Crippen LogP contribution in [0.25, 0.3) is 11.1 Å². The van der Waals surface area contributed by atoms with Crippen LogP contribution < -0.4 is 0 Å². The maximum atomic E-state index is 13.3. The van der Waals surface area contributed by atoms with Crippen LogP contribution in [0.3, 0.4) is 0 Å². The lowest BCUT2D eigenvalue weighted by molar-refractivity contribution is 0.475. The summed E-state index contributed by atoms with van der Waals surface area (Å²) >= 11 is 0. The minimum Gasteiger partial charge on any atom is -0.508 e. The molecule has 0 fully saturated rings. The molecule has 1 nitrogen and oxygen atoms in total. The van der Waals surface area contributed by atoms with E-state index in [0.717, 1.165) is 0 Å². The number of phenols is 1. The van der Waals surface area contributed by atoms with E-state index in [0.29, 0.717) is 11.1 Å². The first-order valence-corrected chi connectivity index (χ1v) is 4.31. The molecule has 0 spiro atoms. The van der Waals surface area contributed by atoms with Crippen LogP contribution in [0, 0.1) is 5.82 Å². The Morgan fingerprint density at radius 1 is 0.929 bits per heavy atom. The Morgan fingerprint density at radius 3 is 2.43 bits per heavy atom. The van der Waals surface area contributed by atoms with Gasteiger partial charge in [-0.2, -0.15) is 0 Å². The first-order valence-electron chi connectivity index (χ1n) is 4.31. The highest BCUT2D eigenvalue weighted by Gasteiger charge is 2.03. The van der Waals surface area contributed by atoms with E-state index >= 15 is 0 Å². The van der Waals surface area contributed by atoms with Gasteiger partial charge in [0.05, 0.1) is 0 Å². The van der Waals surface area contributed by atoms with Crippen molar-refractivity contribution in [1.82, 2.24) is 0 Å².